The van der Waals surface area contributed by atoms with E-state index in [0.29, 0.717) is 10.6 Å². The molecule has 2 N–H and O–H groups in total. The molecular weight excluding hydrogens is 245 g/mol. The molecule has 0 bridgehead atoms. The summed E-state index contributed by atoms with van der Waals surface area (Å²) in [7, 11) is 0. The molecule has 92 valence electrons. The van der Waals surface area contributed by atoms with E-state index >= 15 is 0 Å². The monoisotopic (exact) mass is 259 g/mol. The number of anilines is 1. The van der Waals surface area contributed by atoms with E-state index in [-0.39, 0.29) is 5.82 Å². The van der Waals surface area contributed by atoms with Gasteiger partial charge >= 0.3 is 0 Å². The Hall–Kier alpha value is -1.48. The van der Waals surface area contributed by atoms with Crippen LogP contribution < -0.4 is 5.73 Å². The van der Waals surface area contributed by atoms with Crippen LogP contribution in [0.4, 0.5) is 10.1 Å². The number of aryl methyl sites for hydroxylation is 2. The van der Waals surface area contributed by atoms with E-state index in [1.807, 2.05) is 0 Å². The van der Waals surface area contributed by atoms with Crippen molar-refractivity contribution in [1.82, 2.24) is 0 Å². The van der Waals surface area contributed by atoms with Crippen molar-refractivity contribution in [3.05, 3.63) is 53.3 Å². The van der Waals surface area contributed by atoms with Crippen molar-refractivity contribution in [2.75, 3.05) is 5.73 Å². The lowest BCUT2D eigenvalue weighted by Gasteiger charge is -2.06. The zero-order chi connectivity index (χ0) is 12.5. The minimum atomic E-state index is -0.250. The summed E-state index contributed by atoms with van der Waals surface area (Å²) in [5, 5.41) is 0. The van der Waals surface area contributed by atoms with Gasteiger partial charge in [0.1, 0.15) is 5.82 Å². The zero-order valence-corrected chi connectivity index (χ0v) is 10.8. The molecule has 0 saturated carbocycles. The van der Waals surface area contributed by atoms with E-state index in [1.54, 1.807) is 12.1 Å². The van der Waals surface area contributed by atoms with Gasteiger partial charge in [0.2, 0.25) is 0 Å². The van der Waals surface area contributed by atoms with Crippen LogP contribution in [0.3, 0.4) is 0 Å². The molecular formula is C15H14FNS. The van der Waals surface area contributed by atoms with E-state index in [2.05, 4.69) is 18.2 Å². The largest absolute Gasteiger partial charge is 0.399 e. The molecule has 0 spiro atoms. The molecule has 2 aromatic rings. The number of halogens is 1. The highest BCUT2D eigenvalue weighted by Crippen LogP contribution is 2.33. The van der Waals surface area contributed by atoms with Gasteiger partial charge in [-0.2, -0.15) is 0 Å². The lowest BCUT2D eigenvalue weighted by molar-refractivity contribution is 0.603. The topological polar surface area (TPSA) is 26.0 Å². The van der Waals surface area contributed by atoms with E-state index in [4.69, 9.17) is 5.73 Å². The summed E-state index contributed by atoms with van der Waals surface area (Å²) in [6, 6.07) is 11.3. The molecule has 0 saturated heterocycles. The molecule has 0 aliphatic heterocycles. The molecule has 3 heteroatoms. The predicted molar refractivity (Wildman–Crippen MR) is 73.4 cm³/mol. The maximum Gasteiger partial charge on any atom is 0.139 e. The average molecular weight is 259 g/mol. The van der Waals surface area contributed by atoms with Crippen LogP contribution >= 0.6 is 11.8 Å². The number of benzene rings is 2. The first-order valence-corrected chi connectivity index (χ1v) is 6.89. The van der Waals surface area contributed by atoms with Crippen molar-refractivity contribution < 1.29 is 4.39 Å². The molecule has 2 aromatic carbocycles. The van der Waals surface area contributed by atoms with Crippen LogP contribution in [0.5, 0.6) is 0 Å². The Labute approximate surface area is 110 Å². The number of fused-ring (bicyclic) bond motifs is 1. The second-order valence-electron chi connectivity index (χ2n) is 4.58. The van der Waals surface area contributed by atoms with Crippen molar-refractivity contribution in [3.8, 4) is 0 Å². The van der Waals surface area contributed by atoms with Crippen molar-refractivity contribution in [1.29, 1.82) is 0 Å². The fraction of sp³-hybridized carbons (Fsp3) is 0.200. The molecule has 0 amide bonds. The predicted octanol–water partition coefficient (Wildman–Crippen LogP) is 4.05. The van der Waals surface area contributed by atoms with Crippen LogP contribution in [0, 0.1) is 5.82 Å². The molecule has 18 heavy (non-hydrogen) atoms. The van der Waals surface area contributed by atoms with Gasteiger partial charge in [-0.1, -0.05) is 17.8 Å². The normalized spacial score (nSPS) is 13.6. The molecule has 1 nitrogen and oxygen atoms in total. The Kier molecular flexibility index (Phi) is 3.00. The molecule has 0 unspecified atom stereocenters. The Morgan fingerprint density at radius 2 is 1.83 bits per heavy atom. The maximum atomic E-state index is 13.7. The van der Waals surface area contributed by atoms with Gasteiger partial charge in [-0.15, -0.1) is 0 Å². The molecule has 1 aliphatic carbocycles. The minimum Gasteiger partial charge on any atom is -0.399 e. The second kappa shape index (κ2) is 4.65. The van der Waals surface area contributed by atoms with Crippen molar-refractivity contribution in [2.45, 2.75) is 29.1 Å². The van der Waals surface area contributed by atoms with Crippen molar-refractivity contribution >= 4 is 17.4 Å². The summed E-state index contributed by atoms with van der Waals surface area (Å²) in [4.78, 5) is 1.72. The third-order valence-corrected chi connectivity index (χ3v) is 4.29. The van der Waals surface area contributed by atoms with Crippen LogP contribution in [0.2, 0.25) is 0 Å². The van der Waals surface area contributed by atoms with Crippen molar-refractivity contribution in [3.63, 3.8) is 0 Å². The molecule has 0 heterocycles. The second-order valence-corrected chi connectivity index (χ2v) is 5.69. The number of nitrogen functional groups attached to an aromatic ring is 1. The first-order valence-electron chi connectivity index (χ1n) is 6.07. The minimum absolute atomic E-state index is 0.250. The van der Waals surface area contributed by atoms with Gasteiger partial charge in [0.05, 0.1) is 0 Å². The zero-order valence-electron chi connectivity index (χ0n) is 9.95. The molecule has 1 aliphatic rings. The van der Waals surface area contributed by atoms with Crippen LogP contribution in [-0.2, 0) is 12.8 Å². The first-order chi connectivity index (χ1) is 8.72. The maximum absolute atomic E-state index is 13.7. The third-order valence-electron chi connectivity index (χ3n) is 3.25. The van der Waals surface area contributed by atoms with Crippen LogP contribution in [0.15, 0.2) is 46.2 Å². The quantitative estimate of drug-likeness (QED) is 0.823. The van der Waals surface area contributed by atoms with Crippen LogP contribution in [0.25, 0.3) is 0 Å². The van der Waals surface area contributed by atoms with E-state index in [9.17, 15) is 4.39 Å². The number of hydrogen-bond donors (Lipinski definition) is 1. The smallest absolute Gasteiger partial charge is 0.139 e. The fourth-order valence-electron chi connectivity index (χ4n) is 2.34. The van der Waals surface area contributed by atoms with Gasteiger partial charge in [-0.3, -0.25) is 0 Å². The van der Waals surface area contributed by atoms with Gasteiger partial charge in [-0.05, 0) is 60.7 Å². The van der Waals surface area contributed by atoms with Gasteiger partial charge < -0.3 is 5.73 Å². The fourth-order valence-corrected chi connectivity index (χ4v) is 3.22. The standard InChI is InChI=1S/C15H14FNS/c16-14-9-12(17)5-7-15(14)18-13-6-4-10-2-1-3-11(10)8-13/h4-9H,1-3,17H2. The summed E-state index contributed by atoms with van der Waals surface area (Å²) >= 11 is 1.46. The average Bonchev–Trinajstić information content (AvgIpc) is 2.80. The Morgan fingerprint density at radius 3 is 2.67 bits per heavy atom. The van der Waals surface area contributed by atoms with Crippen LogP contribution in [0.1, 0.15) is 17.5 Å². The van der Waals surface area contributed by atoms with E-state index < -0.39 is 0 Å². The van der Waals surface area contributed by atoms with Gasteiger partial charge in [0, 0.05) is 15.5 Å². The highest BCUT2D eigenvalue weighted by molar-refractivity contribution is 7.99. The SMILES string of the molecule is Nc1ccc(Sc2ccc3c(c2)CCC3)c(F)c1. The van der Waals surface area contributed by atoms with E-state index in [0.717, 1.165) is 11.3 Å². The highest BCUT2D eigenvalue weighted by Gasteiger charge is 2.12. The van der Waals surface area contributed by atoms with Crippen LogP contribution in [-0.4, -0.2) is 0 Å². The molecule has 3 rings (SSSR count). The Bertz CT molecular complexity index is 595. The summed E-state index contributed by atoms with van der Waals surface area (Å²) in [5.41, 5.74) is 8.86. The van der Waals surface area contributed by atoms with E-state index in [1.165, 1.54) is 41.8 Å². The highest BCUT2D eigenvalue weighted by atomic mass is 32.2. The summed E-state index contributed by atoms with van der Waals surface area (Å²) in [6.07, 6.45) is 3.56. The number of rotatable bonds is 2. The Balaban J connectivity index is 1.88. The molecule has 0 atom stereocenters. The molecule has 0 radical (unpaired) electrons. The number of nitrogens with two attached hydrogens (primary N) is 1. The number of hydrogen-bond acceptors (Lipinski definition) is 2. The summed E-state index contributed by atoms with van der Waals surface area (Å²) in [5.74, 6) is -0.250. The summed E-state index contributed by atoms with van der Waals surface area (Å²) in [6.45, 7) is 0. The van der Waals surface area contributed by atoms with Crippen molar-refractivity contribution in [2.24, 2.45) is 0 Å². The lowest BCUT2D eigenvalue weighted by Crippen LogP contribution is -1.88. The summed E-state index contributed by atoms with van der Waals surface area (Å²) < 4.78 is 13.7. The third kappa shape index (κ3) is 2.23. The lowest BCUT2D eigenvalue weighted by atomic mass is 10.1. The first kappa shape index (κ1) is 11.6. The van der Waals surface area contributed by atoms with Gasteiger partial charge in [0.25, 0.3) is 0 Å². The van der Waals surface area contributed by atoms with Gasteiger partial charge in [0.15, 0.2) is 0 Å². The Morgan fingerprint density at radius 1 is 1.00 bits per heavy atom. The molecule has 0 aromatic heterocycles. The molecule has 0 fully saturated rings. The van der Waals surface area contributed by atoms with Gasteiger partial charge in [-0.25, -0.2) is 4.39 Å².